The number of amides is 8. The molecule has 0 fully saturated rings. The Morgan fingerprint density at radius 1 is 0.242 bits per heavy atom. The standard InChI is InChI=1S/C108H142N12O12/c1-5-97(121)109-69-73-113-101(125)57-33-25-17-9-13-21-29-45-77-129-93-53-41-37-49-81(93)105-85-61-63-87(117-85)106(82-50-38-42-54-94(82)130-78-46-30-22-14-10-18-26-34-58-102(126)114-74-70-110-98(122)6-2)89-65-67-91(119-89)108(84-52-40-44-56-96(84)132-80-48-32-24-16-12-20-28-36-60-104(128)116-76-72-112-100(124)8-4)92-68-66-90(120-92)107(88-64-62-86(105)118-88)83-51-39-43-55-95(83)131-79-47-31-23-15-11-19-27-35-59-103(127)115-75-71-111-99(123)7-3/h5-8,37-44,49-56,61-68,117,120H,1-4,9-36,45-48,57-60,69-80H2,(H,109,121)(H,110,122)(H,111,123)(H,112,124)(H,113,125)(H,114,126)(H,115,127)(H,116,128). The SMILES string of the molecule is C=CC(=O)NCCNC(=O)CCCCCCCCCCOc1ccccc1-c1c2nc(c(-c3ccccc3OCCCCCCCCCCC(=O)NCCNC(=O)C=C)c3ccc([nH]3)c(-c3ccccc3OCCCCCCCCCCC(=O)NCCNC(=O)C=C)c3nc(c(-c4ccccc4OCCCCCCCCCCC(=O)NCCNC(=O)C=C)c4ccc1[nH]4)C=C3)C=C2. The van der Waals surface area contributed by atoms with Gasteiger partial charge in [0.1, 0.15) is 23.0 Å². The van der Waals surface area contributed by atoms with Gasteiger partial charge in [0.25, 0.3) is 0 Å². The minimum atomic E-state index is -0.256. The van der Waals surface area contributed by atoms with E-state index in [1.165, 1.54) is 24.3 Å². The monoisotopic (exact) mass is 1800 g/mol. The molecule has 9 rings (SSSR count). The van der Waals surface area contributed by atoms with Crippen LogP contribution in [0.5, 0.6) is 23.0 Å². The van der Waals surface area contributed by atoms with E-state index in [-0.39, 0.29) is 47.3 Å². The van der Waals surface area contributed by atoms with Crippen molar-refractivity contribution >= 4 is 93.6 Å². The van der Waals surface area contributed by atoms with Gasteiger partial charge in [-0.1, -0.05) is 253 Å². The van der Waals surface area contributed by atoms with Crippen LogP contribution in [0, 0.1) is 0 Å². The van der Waals surface area contributed by atoms with Crippen LogP contribution in [0.15, 0.2) is 172 Å². The number of rotatable bonds is 68. The summed E-state index contributed by atoms with van der Waals surface area (Å²) < 4.78 is 27.7. The van der Waals surface area contributed by atoms with E-state index in [1.807, 2.05) is 24.3 Å². The second kappa shape index (κ2) is 61.1. The molecule has 24 nitrogen and oxygen atoms in total. The first-order valence-electron chi connectivity index (χ1n) is 48.5. The summed E-state index contributed by atoms with van der Waals surface area (Å²) in [5.41, 5.74) is 13.1. The number of hydrogen-bond donors (Lipinski definition) is 10. The molecule has 2 aliphatic rings. The molecule has 0 saturated heterocycles. The first-order chi connectivity index (χ1) is 64.7. The molecule has 0 aliphatic carbocycles. The van der Waals surface area contributed by atoms with Gasteiger partial charge in [0.2, 0.25) is 47.3 Å². The molecule has 132 heavy (non-hydrogen) atoms. The van der Waals surface area contributed by atoms with E-state index < -0.39 is 0 Å². The fourth-order valence-corrected chi connectivity index (χ4v) is 16.2. The van der Waals surface area contributed by atoms with E-state index in [9.17, 15) is 38.4 Å². The zero-order valence-corrected chi connectivity index (χ0v) is 77.7. The van der Waals surface area contributed by atoms with Crippen LogP contribution < -0.4 is 61.5 Å². The van der Waals surface area contributed by atoms with E-state index >= 15 is 0 Å². The number of ether oxygens (including phenoxy) is 4. The van der Waals surface area contributed by atoms with Crippen LogP contribution in [0.1, 0.15) is 254 Å². The molecule has 7 aromatic rings. The Bertz CT molecular complexity index is 4490. The number of benzene rings is 4. The van der Waals surface area contributed by atoms with Crippen LogP contribution in [-0.4, -0.2) is 146 Å². The Balaban J connectivity index is 1.00. The molecule has 4 aromatic carbocycles. The fraction of sp³-hybridized carbons (Fsp3) is 0.444. The van der Waals surface area contributed by atoms with Crippen LogP contribution >= 0.6 is 0 Å². The number of aromatic amines is 2. The summed E-state index contributed by atoms with van der Waals surface area (Å²) >= 11 is 0. The molecule has 5 heterocycles. The van der Waals surface area contributed by atoms with Gasteiger partial charge in [-0.05, 0) is 149 Å². The predicted octanol–water partition coefficient (Wildman–Crippen LogP) is 20.6. The molecule has 0 spiro atoms. The van der Waals surface area contributed by atoms with Gasteiger partial charge < -0.3 is 71.4 Å². The highest BCUT2D eigenvalue weighted by molar-refractivity contribution is 6.02. The van der Waals surface area contributed by atoms with Crippen molar-refractivity contribution in [1.82, 2.24) is 62.5 Å². The minimum absolute atomic E-state index is 0.00153. The number of fused-ring (bicyclic) bond motifs is 8. The maximum Gasteiger partial charge on any atom is 0.243 e. The molecule has 8 bridgehead atoms. The average Bonchev–Trinajstić information content (AvgIpc) is 1.60. The summed E-state index contributed by atoms with van der Waals surface area (Å²) in [7, 11) is 0. The van der Waals surface area contributed by atoms with Crippen molar-refractivity contribution in [2.24, 2.45) is 0 Å². The van der Waals surface area contributed by atoms with Gasteiger partial charge in [-0.3, -0.25) is 38.4 Å². The summed E-state index contributed by atoms with van der Waals surface area (Å²) in [6, 6.07) is 41.6. The van der Waals surface area contributed by atoms with Gasteiger partial charge in [-0.15, -0.1) is 0 Å². The summed E-state index contributed by atoms with van der Waals surface area (Å²) in [6.07, 6.45) is 47.2. The normalized spacial score (nSPS) is 11.3. The average molecular weight is 1800 g/mol. The van der Waals surface area contributed by atoms with Crippen LogP contribution in [0.3, 0.4) is 0 Å². The van der Waals surface area contributed by atoms with E-state index in [2.05, 4.69) is 200 Å². The number of hydrogen-bond acceptors (Lipinski definition) is 14. The lowest BCUT2D eigenvalue weighted by atomic mass is 10.0. The van der Waals surface area contributed by atoms with E-state index in [0.717, 1.165) is 318 Å². The largest absolute Gasteiger partial charge is 0.493 e. The Morgan fingerprint density at radius 3 is 0.629 bits per heavy atom. The second-order valence-corrected chi connectivity index (χ2v) is 33.6. The highest BCUT2D eigenvalue weighted by atomic mass is 16.5. The van der Waals surface area contributed by atoms with Crippen LogP contribution in [-0.2, 0) is 38.4 Å². The van der Waals surface area contributed by atoms with E-state index in [4.69, 9.17) is 28.9 Å². The maximum absolute atomic E-state index is 12.4. The first kappa shape index (κ1) is 103. The van der Waals surface area contributed by atoms with Gasteiger partial charge in [-0.2, -0.15) is 0 Å². The molecule has 0 saturated carbocycles. The number of nitrogens with one attached hydrogen (secondary N) is 10. The minimum Gasteiger partial charge on any atom is -0.493 e. The molecule has 706 valence electrons. The number of H-pyrrole nitrogens is 2. The molecule has 24 heteroatoms. The zero-order chi connectivity index (χ0) is 93.2. The Hall–Kier alpha value is -12.6. The van der Waals surface area contributed by atoms with Gasteiger partial charge in [0.15, 0.2) is 0 Å². The third-order valence-corrected chi connectivity index (χ3v) is 23.3. The number of carbonyl (C=O) groups is 8. The quantitative estimate of drug-likeness (QED) is 0.0125. The molecule has 0 radical (unpaired) electrons. The molecule has 0 atom stereocenters. The molecular weight excluding hydrogens is 1660 g/mol. The topological polar surface area (TPSA) is 327 Å². The highest BCUT2D eigenvalue weighted by Crippen LogP contribution is 2.45. The fourth-order valence-electron chi connectivity index (χ4n) is 16.2. The Labute approximate surface area is 781 Å². The van der Waals surface area contributed by atoms with E-state index in [1.54, 1.807) is 0 Å². The van der Waals surface area contributed by atoms with Crippen molar-refractivity contribution in [3.05, 3.63) is 195 Å². The number of para-hydroxylation sites is 4. The summed E-state index contributed by atoms with van der Waals surface area (Å²) in [4.78, 5) is 115. The lowest BCUT2D eigenvalue weighted by Crippen LogP contribution is -2.33. The third-order valence-electron chi connectivity index (χ3n) is 23.3. The van der Waals surface area contributed by atoms with Crippen molar-refractivity contribution < 1.29 is 57.3 Å². The lowest BCUT2D eigenvalue weighted by Gasteiger charge is -2.14. The van der Waals surface area contributed by atoms with Crippen molar-refractivity contribution in [3.8, 4) is 67.5 Å². The molecule has 8 amide bonds. The van der Waals surface area contributed by atoms with Gasteiger partial charge in [0, 0.05) is 145 Å². The second-order valence-electron chi connectivity index (χ2n) is 33.6. The number of nitrogens with zero attached hydrogens (tertiary/aromatic N) is 2. The molecule has 10 N–H and O–H groups in total. The summed E-state index contributed by atoms with van der Waals surface area (Å²) in [6.45, 7) is 19.0. The van der Waals surface area contributed by atoms with Gasteiger partial charge in [-0.25, -0.2) is 9.97 Å². The molecule has 2 aliphatic heterocycles. The van der Waals surface area contributed by atoms with Crippen molar-refractivity contribution in [3.63, 3.8) is 0 Å². The zero-order valence-electron chi connectivity index (χ0n) is 77.7. The Morgan fingerprint density at radius 2 is 0.424 bits per heavy atom. The Kier molecular flexibility index (Phi) is 47.8. The summed E-state index contributed by atoms with van der Waals surface area (Å²) in [5, 5.41) is 22.2. The summed E-state index contributed by atoms with van der Waals surface area (Å²) in [5.74, 6) is 1.91. The maximum atomic E-state index is 12.4. The van der Waals surface area contributed by atoms with Crippen LogP contribution in [0.2, 0.25) is 0 Å². The third kappa shape index (κ3) is 37.0. The van der Waals surface area contributed by atoms with Gasteiger partial charge in [0.05, 0.1) is 49.2 Å². The smallest absolute Gasteiger partial charge is 0.243 e. The van der Waals surface area contributed by atoms with Crippen LogP contribution in [0.4, 0.5) is 0 Å². The van der Waals surface area contributed by atoms with E-state index in [0.29, 0.717) is 104 Å². The number of unbranched alkanes of at least 4 members (excludes halogenated alkanes) is 28. The van der Waals surface area contributed by atoms with Crippen LogP contribution in [0.25, 0.3) is 90.9 Å². The van der Waals surface area contributed by atoms with Crippen molar-refractivity contribution in [1.29, 1.82) is 0 Å². The number of carbonyl (C=O) groups excluding carboxylic acids is 8. The number of aromatic nitrogens is 4. The first-order valence-corrected chi connectivity index (χ1v) is 48.5. The van der Waals surface area contributed by atoms with Gasteiger partial charge >= 0.3 is 0 Å². The molecular formula is C108H142N12O12. The molecule has 0 unspecified atom stereocenters. The lowest BCUT2D eigenvalue weighted by molar-refractivity contribution is -0.122. The molecule has 3 aromatic heterocycles. The predicted molar refractivity (Wildman–Crippen MR) is 534 cm³/mol. The van der Waals surface area contributed by atoms with Crippen molar-refractivity contribution in [2.75, 3.05) is 78.8 Å². The van der Waals surface area contributed by atoms with Crippen molar-refractivity contribution in [2.45, 2.75) is 231 Å². The highest BCUT2D eigenvalue weighted by Gasteiger charge is 2.25.